The van der Waals surface area contributed by atoms with E-state index in [1.54, 1.807) is 6.07 Å². The Morgan fingerprint density at radius 2 is 2.25 bits per heavy atom. The lowest BCUT2D eigenvalue weighted by atomic mass is 10.2. The minimum atomic E-state index is -0.270. The molecule has 1 amide bonds. The number of likely N-dealkylation sites (N-methyl/N-ethyl adjacent to an activating group) is 1. The van der Waals surface area contributed by atoms with E-state index in [0.29, 0.717) is 5.56 Å². The highest BCUT2D eigenvalue weighted by Gasteiger charge is 2.10. The van der Waals surface area contributed by atoms with Crippen molar-refractivity contribution in [3.05, 3.63) is 34.2 Å². The fourth-order valence-electron chi connectivity index (χ4n) is 1.49. The van der Waals surface area contributed by atoms with Crippen molar-refractivity contribution >= 4 is 5.91 Å². The number of carbonyl (C=O) groups is 1. The zero-order valence-electron chi connectivity index (χ0n) is 9.78. The van der Waals surface area contributed by atoms with Crippen LogP contribution in [-0.2, 0) is 0 Å². The van der Waals surface area contributed by atoms with Crippen LogP contribution in [0, 0.1) is 0 Å². The number of H-pyrrole nitrogens is 1. The molecule has 5 nitrogen and oxygen atoms in total. The van der Waals surface area contributed by atoms with Gasteiger partial charge in [0.1, 0.15) is 0 Å². The maximum Gasteiger partial charge on any atom is 0.251 e. The van der Waals surface area contributed by atoms with E-state index in [2.05, 4.69) is 10.3 Å². The predicted molar refractivity (Wildman–Crippen MR) is 62.5 cm³/mol. The molecule has 0 aromatic carbocycles. The number of aromatic amines is 1. The first-order valence-corrected chi connectivity index (χ1v) is 5.13. The summed E-state index contributed by atoms with van der Waals surface area (Å²) in [6, 6.07) is 2.92. The highest BCUT2D eigenvalue weighted by atomic mass is 16.2. The first kappa shape index (κ1) is 12.4. The Labute approximate surface area is 94.5 Å². The average Bonchev–Trinajstić information content (AvgIpc) is 2.16. The Balaban J connectivity index is 2.62. The number of nitrogens with zero attached hydrogens (tertiary/aromatic N) is 1. The van der Waals surface area contributed by atoms with Gasteiger partial charge in [0.2, 0.25) is 5.56 Å². The first-order chi connectivity index (χ1) is 7.49. The molecule has 0 saturated carbocycles. The van der Waals surface area contributed by atoms with E-state index in [9.17, 15) is 9.59 Å². The number of rotatable bonds is 4. The van der Waals surface area contributed by atoms with Crippen LogP contribution in [0.3, 0.4) is 0 Å². The molecule has 1 aromatic rings. The minimum absolute atomic E-state index is 0.0433. The Morgan fingerprint density at radius 3 is 2.81 bits per heavy atom. The highest BCUT2D eigenvalue weighted by molar-refractivity contribution is 5.94. The molecule has 0 fully saturated rings. The fourth-order valence-corrected chi connectivity index (χ4v) is 1.49. The van der Waals surface area contributed by atoms with Crippen molar-refractivity contribution < 1.29 is 4.79 Å². The van der Waals surface area contributed by atoms with E-state index >= 15 is 0 Å². The van der Waals surface area contributed by atoms with Crippen molar-refractivity contribution in [1.29, 1.82) is 0 Å². The van der Waals surface area contributed by atoms with Crippen LogP contribution in [0.25, 0.3) is 0 Å². The van der Waals surface area contributed by atoms with Crippen molar-refractivity contribution in [2.45, 2.75) is 13.0 Å². The van der Waals surface area contributed by atoms with Crippen LogP contribution < -0.4 is 10.9 Å². The van der Waals surface area contributed by atoms with E-state index in [0.717, 1.165) is 6.54 Å². The largest absolute Gasteiger partial charge is 0.348 e. The lowest BCUT2D eigenvalue weighted by Gasteiger charge is -2.18. The molecule has 0 radical (unpaired) electrons. The molecule has 1 heterocycles. The summed E-state index contributed by atoms with van der Waals surface area (Å²) < 4.78 is 0. The molecule has 1 aromatic heterocycles. The number of hydrogen-bond acceptors (Lipinski definition) is 3. The third-order valence-electron chi connectivity index (χ3n) is 2.05. The van der Waals surface area contributed by atoms with Crippen molar-refractivity contribution in [1.82, 2.24) is 15.2 Å². The van der Waals surface area contributed by atoms with E-state index in [1.807, 2.05) is 25.9 Å². The minimum Gasteiger partial charge on any atom is -0.348 e. The van der Waals surface area contributed by atoms with Gasteiger partial charge in [-0.15, -0.1) is 0 Å². The van der Waals surface area contributed by atoms with Crippen LogP contribution in [0.15, 0.2) is 23.1 Å². The maximum absolute atomic E-state index is 11.7. The van der Waals surface area contributed by atoms with Gasteiger partial charge in [-0.2, -0.15) is 0 Å². The number of nitrogens with one attached hydrogen (secondary N) is 2. The van der Waals surface area contributed by atoms with Gasteiger partial charge < -0.3 is 15.2 Å². The van der Waals surface area contributed by atoms with Crippen LogP contribution >= 0.6 is 0 Å². The summed E-state index contributed by atoms with van der Waals surface area (Å²) in [5.41, 5.74) is 0.113. The van der Waals surface area contributed by atoms with Gasteiger partial charge >= 0.3 is 0 Å². The molecule has 1 unspecified atom stereocenters. The van der Waals surface area contributed by atoms with Gasteiger partial charge in [0.05, 0.1) is 0 Å². The molecule has 0 saturated heterocycles. The molecular weight excluding hydrogens is 206 g/mol. The zero-order valence-corrected chi connectivity index (χ0v) is 9.78. The van der Waals surface area contributed by atoms with Gasteiger partial charge in [-0.25, -0.2) is 0 Å². The molecule has 0 bridgehead atoms. The summed E-state index contributed by atoms with van der Waals surface area (Å²) in [6.45, 7) is 2.68. The van der Waals surface area contributed by atoms with Gasteiger partial charge in [-0.05, 0) is 27.1 Å². The molecular formula is C11H17N3O2. The van der Waals surface area contributed by atoms with Crippen LogP contribution in [0.4, 0.5) is 0 Å². The summed E-state index contributed by atoms with van der Waals surface area (Å²) in [7, 11) is 3.88. The van der Waals surface area contributed by atoms with Gasteiger partial charge in [0, 0.05) is 30.4 Å². The highest BCUT2D eigenvalue weighted by Crippen LogP contribution is 1.94. The maximum atomic E-state index is 11.7. The summed E-state index contributed by atoms with van der Waals surface area (Å²) in [4.78, 5) is 27.2. The van der Waals surface area contributed by atoms with Gasteiger partial charge in [0.15, 0.2) is 0 Å². The van der Waals surface area contributed by atoms with Crippen LogP contribution in [0.2, 0.25) is 0 Å². The van der Waals surface area contributed by atoms with E-state index < -0.39 is 0 Å². The number of aromatic nitrogens is 1. The summed E-state index contributed by atoms with van der Waals surface area (Å²) in [5.74, 6) is -0.222. The Bertz CT molecular complexity index is 412. The monoisotopic (exact) mass is 223 g/mol. The van der Waals surface area contributed by atoms with E-state index in [-0.39, 0.29) is 17.5 Å². The van der Waals surface area contributed by atoms with E-state index in [4.69, 9.17) is 0 Å². The van der Waals surface area contributed by atoms with Gasteiger partial charge in [0.25, 0.3) is 5.91 Å². The van der Waals surface area contributed by atoms with Gasteiger partial charge in [-0.1, -0.05) is 0 Å². The summed E-state index contributed by atoms with van der Waals surface area (Å²) in [5, 5.41) is 2.82. The van der Waals surface area contributed by atoms with Crippen LogP contribution in [-0.4, -0.2) is 42.5 Å². The molecule has 5 heteroatoms. The summed E-state index contributed by atoms with van der Waals surface area (Å²) >= 11 is 0. The fraction of sp³-hybridized carbons (Fsp3) is 0.455. The number of hydrogen-bond donors (Lipinski definition) is 2. The van der Waals surface area contributed by atoms with Gasteiger partial charge in [-0.3, -0.25) is 9.59 Å². The lowest BCUT2D eigenvalue weighted by Crippen LogP contribution is -2.39. The smallest absolute Gasteiger partial charge is 0.251 e. The molecule has 0 spiro atoms. The molecule has 88 valence electrons. The normalized spacial score (nSPS) is 12.5. The average molecular weight is 223 g/mol. The lowest BCUT2D eigenvalue weighted by molar-refractivity contribution is 0.0934. The third kappa shape index (κ3) is 3.86. The Kier molecular flexibility index (Phi) is 4.25. The standard InChI is InChI=1S/C11H17N3O2/c1-8(7-14(2)3)13-11(16)9-4-5-12-10(15)6-9/h4-6,8H,7H2,1-3H3,(H,12,15)(H,13,16). The Hall–Kier alpha value is -1.62. The molecule has 0 aliphatic carbocycles. The summed E-state index contributed by atoms with van der Waals surface area (Å²) in [6.07, 6.45) is 1.47. The molecule has 2 N–H and O–H groups in total. The number of carbonyl (C=O) groups excluding carboxylic acids is 1. The predicted octanol–water partition coefficient (Wildman–Crippen LogP) is 0.0548. The quantitative estimate of drug-likeness (QED) is 0.758. The second-order valence-corrected chi connectivity index (χ2v) is 4.08. The van der Waals surface area contributed by atoms with Crippen molar-refractivity contribution in [2.24, 2.45) is 0 Å². The molecule has 1 atom stereocenters. The third-order valence-corrected chi connectivity index (χ3v) is 2.05. The van der Waals surface area contributed by atoms with Crippen molar-refractivity contribution in [2.75, 3.05) is 20.6 Å². The molecule has 1 rings (SSSR count). The molecule has 16 heavy (non-hydrogen) atoms. The van der Waals surface area contributed by atoms with Crippen molar-refractivity contribution in [3.8, 4) is 0 Å². The number of amides is 1. The zero-order chi connectivity index (χ0) is 12.1. The molecule has 0 aliphatic heterocycles. The second-order valence-electron chi connectivity index (χ2n) is 4.08. The first-order valence-electron chi connectivity index (χ1n) is 5.13. The van der Waals surface area contributed by atoms with Crippen LogP contribution in [0.1, 0.15) is 17.3 Å². The molecule has 0 aliphatic rings. The van der Waals surface area contributed by atoms with Crippen LogP contribution in [0.5, 0.6) is 0 Å². The SMILES string of the molecule is CC(CN(C)C)NC(=O)c1cc[nH]c(=O)c1. The Morgan fingerprint density at radius 1 is 1.56 bits per heavy atom. The van der Waals surface area contributed by atoms with E-state index in [1.165, 1.54) is 12.3 Å². The van der Waals surface area contributed by atoms with Crippen molar-refractivity contribution in [3.63, 3.8) is 0 Å². The second kappa shape index (κ2) is 5.46. The topological polar surface area (TPSA) is 65.2 Å². The number of pyridine rings is 1.